The normalized spacial score (nSPS) is 26.9. The summed E-state index contributed by atoms with van der Waals surface area (Å²) in [7, 11) is 0. The fraction of sp³-hybridized carbons (Fsp3) is 0.786. The third kappa shape index (κ3) is 3.38. The van der Waals surface area contributed by atoms with E-state index in [2.05, 4.69) is 20.0 Å². The van der Waals surface area contributed by atoms with Crippen molar-refractivity contribution < 1.29 is 9.84 Å². The fourth-order valence-electron chi connectivity index (χ4n) is 3.28. The Hall–Kier alpha value is -0.950. The van der Waals surface area contributed by atoms with Gasteiger partial charge in [-0.3, -0.25) is 14.9 Å². The lowest BCUT2D eigenvalue weighted by Gasteiger charge is -2.31. The van der Waals surface area contributed by atoms with Crippen LogP contribution in [-0.4, -0.2) is 77.1 Å². The second-order valence-corrected chi connectivity index (χ2v) is 5.75. The van der Waals surface area contributed by atoms with Crippen molar-refractivity contribution in [1.82, 2.24) is 20.0 Å². The molecule has 1 aromatic heterocycles. The average Bonchev–Trinajstić information content (AvgIpc) is 3.10. The van der Waals surface area contributed by atoms with E-state index in [1.165, 1.54) is 12.0 Å². The molecule has 3 rings (SSSR count). The van der Waals surface area contributed by atoms with Gasteiger partial charge >= 0.3 is 0 Å². The van der Waals surface area contributed by atoms with Gasteiger partial charge in [0.15, 0.2) is 0 Å². The summed E-state index contributed by atoms with van der Waals surface area (Å²) in [4.78, 5) is 4.67. The van der Waals surface area contributed by atoms with Crippen LogP contribution in [0.25, 0.3) is 0 Å². The number of ether oxygens (including phenoxy) is 1. The van der Waals surface area contributed by atoms with Crippen LogP contribution in [0.4, 0.5) is 0 Å². The smallest absolute Gasteiger partial charge is 0.0794 e. The maximum Gasteiger partial charge on any atom is 0.0794 e. The van der Waals surface area contributed by atoms with E-state index < -0.39 is 0 Å². The minimum atomic E-state index is -0.291. The standard InChI is InChI=1S/C14H24N4O2/c19-13(10-17-4-6-20-7-5-17)11-18-3-1-2-14(18)12-8-15-16-9-12/h8-9,13-14,19H,1-7,10-11H2,(H,15,16). The zero-order chi connectivity index (χ0) is 13.8. The highest BCUT2D eigenvalue weighted by atomic mass is 16.5. The van der Waals surface area contributed by atoms with Gasteiger partial charge in [0.2, 0.25) is 0 Å². The van der Waals surface area contributed by atoms with Gasteiger partial charge < -0.3 is 9.84 Å². The van der Waals surface area contributed by atoms with Crippen molar-refractivity contribution in [3.8, 4) is 0 Å². The lowest BCUT2D eigenvalue weighted by Crippen LogP contribution is -2.44. The Bertz CT molecular complexity index is 392. The molecule has 0 aliphatic carbocycles. The van der Waals surface area contributed by atoms with Crippen LogP contribution in [0.5, 0.6) is 0 Å². The molecule has 3 heterocycles. The molecule has 2 unspecified atom stereocenters. The molecule has 0 saturated carbocycles. The molecule has 0 radical (unpaired) electrons. The molecule has 0 bridgehead atoms. The molecule has 2 fully saturated rings. The molecule has 2 N–H and O–H groups in total. The summed E-state index contributed by atoms with van der Waals surface area (Å²) in [5, 5.41) is 17.3. The van der Waals surface area contributed by atoms with Crippen molar-refractivity contribution in [3.05, 3.63) is 18.0 Å². The topological polar surface area (TPSA) is 64.6 Å². The van der Waals surface area contributed by atoms with Crippen molar-refractivity contribution in [3.63, 3.8) is 0 Å². The zero-order valence-corrected chi connectivity index (χ0v) is 11.9. The molecule has 2 aliphatic rings. The van der Waals surface area contributed by atoms with E-state index in [1.807, 2.05) is 12.4 Å². The Kier molecular flexibility index (Phi) is 4.67. The Morgan fingerprint density at radius 1 is 1.35 bits per heavy atom. The first kappa shape index (κ1) is 14.0. The number of rotatable bonds is 5. The Balaban J connectivity index is 1.51. The van der Waals surface area contributed by atoms with E-state index in [-0.39, 0.29) is 6.10 Å². The van der Waals surface area contributed by atoms with Crippen LogP contribution in [0, 0.1) is 0 Å². The predicted molar refractivity (Wildman–Crippen MR) is 75.4 cm³/mol. The van der Waals surface area contributed by atoms with Gasteiger partial charge in [-0.2, -0.15) is 5.10 Å². The predicted octanol–water partition coefficient (Wildman–Crippen LogP) is 0.240. The van der Waals surface area contributed by atoms with E-state index in [1.54, 1.807) is 0 Å². The third-order valence-corrected chi connectivity index (χ3v) is 4.29. The van der Waals surface area contributed by atoms with Gasteiger partial charge in [0, 0.05) is 44.0 Å². The number of nitrogens with zero attached hydrogens (tertiary/aromatic N) is 3. The molecular formula is C14H24N4O2. The summed E-state index contributed by atoms with van der Waals surface area (Å²) in [5.74, 6) is 0. The molecule has 0 amide bonds. The first-order valence-corrected chi connectivity index (χ1v) is 7.54. The minimum absolute atomic E-state index is 0.291. The van der Waals surface area contributed by atoms with Gasteiger partial charge in [0.25, 0.3) is 0 Å². The number of morpholine rings is 1. The number of aromatic nitrogens is 2. The van der Waals surface area contributed by atoms with Gasteiger partial charge in [-0.05, 0) is 19.4 Å². The summed E-state index contributed by atoms with van der Waals surface area (Å²) in [6.07, 6.45) is 5.93. The second-order valence-electron chi connectivity index (χ2n) is 5.75. The Morgan fingerprint density at radius 2 is 2.20 bits per heavy atom. The third-order valence-electron chi connectivity index (χ3n) is 4.29. The molecule has 0 aromatic carbocycles. The van der Waals surface area contributed by atoms with Gasteiger partial charge in [-0.25, -0.2) is 0 Å². The molecule has 2 aliphatic heterocycles. The molecule has 6 nitrogen and oxygen atoms in total. The number of aromatic amines is 1. The highest BCUT2D eigenvalue weighted by molar-refractivity contribution is 5.11. The van der Waals surface area contributed by atoms with Crippen LogP contribution in [-0.2, 0) is 4.74 Å². The molecule has 112 valence electrons. The summed E-state index contributed by atoms with van der Waals surface area (Å²) >= 11 is 0. The van der Waals surface area contributed by atoms with E-state index in [4.69, 9.17) is 4.74 Å². The molecule has 6 heteroatoms. The monoisotopic (exact) mass is 280 g/mol. The summed E-state index contributed by atoms with van der Waals surface area (Å²) in [6, 6.07) is 0.410. The highest BCUT2D eigenvalue weighted by Gasteiger charge is 2.28. The molecule has 2 atom stereocenters. The van der Waals surface area contributed by atoms with Crippen LogP contribution >= 0.6 is 0 Å². The van der Waals surface area contributed by atoms with Crippen LogP contribution in [0.3, 0.4) is 0 Å². The second kappa shape index (κ2) is 6.67. The zero-order valence-electron chi connectivity index (χ0n) is 11.9. The minimum Gasteiger partial charge on any atom is -0.390 e. The lowest BCUT2D eigenvalue weighted by molar-refractivity contribution is 0.00585. The number of β-amino-alcohol motifs (C(OH)–C–C–N with tert-alkyl or cyclic N) is 1. The number of hydrogen-bond acceptors (Lipinski definition) is 5. The SMILES string of the molecule is OC(CN1CCOCC1)CN1CCCC1c1cn[nH]c1. The fourth-order valence-corrected chi connectivity index (χ4v) is 3.28. The summed E-state index contributed by atoms with van der Waals surface area (Å²) < 4.78 is 5.34. The Labute approximate surface area is 119 Å². The summed E-state index contributed by atoms with van der Waals surface area (Å²) in [5.41, 5.74) is 1.24. The highest BCUT2D eigenvalue weighted by Crippen LogP contribution is 2.31. The molecule has 0 spiro atoms. The van der Waals surface area contributed by atoms with Crippen LogP contribution in [0.1, 0.15) is 24.4 Å². The first-order valence-electron chi connectivity index (χ1n) is 7.54. The van der Waals surface area contributed by atoms with Gasteiger partial charge in [0.05, 0.1) is 25.5 Å². The molecule has 20 heavy (non-hydrogen) atoms. The van der Waals surface area contributed by atoms with Crippen molar-refractivity contribution in [2.24, 2.45) is 0 Å². The van der Waals surface area contributed by atoms with Gasteiger partial charge in [-0.1, -0.05) is 0 Å². The van der Waals surface area contributed by atoms with E-state index in [9.17, 15) is 5.11 Å². The number of aliphatic hydroxyl groups is 1. The van der Waals surface area contributed by atoms with Crippen LogP contribution < -0.4 is 0 Å². The molecular weight excluding hydrogens is 256 g/mol. The quantitative estimate of drug-likeness (QED) is 0.809. The Morgan fingerprint density at radius 3 is 2.95 bits per heavy atom. The summed E-state index contributed by atoms with van der Waals surface area (Å²) in [6.45, 7) is 5.99. The van der Waals surface area contributed by atoms with E-state index in [0.29, 0.717) is 6.04 Å². The van der Waals surface area contributed by atoms with E-state index in [0.717, 1.165) is 52.4 Å². The van der Waals surface area contributed by atoms with E-state index >= 15 is 0 Å². The van der Waals surface area contributed by atoms with Crippen molar-refractivity contribution in [2.75, 3.05) is 45.9 Å². The maximum absolute atomic E-state index is 10.3. The molecule has 1 aromatic rings. The number of H-pyrrole nitrogens is 1. The lowest BCUT2D eigenvalue weighted by atomic mass is 10.1. The van der Waals surface area contributed by atoms with Crippen molar-refractivity contribution in [2.45, 2.75) is 25.0 Å². The molecule has 2 saturated heterocycles. The van der Waals surface area contributed by atoms with Gasteiger partial charge in [-0.15, -0.1) is 0 Å². The van der Waals surface area contributed by atoms with Crippen molar-refractivity contribution in [1.29, 1.82) is 0 Å². The average molecular weight is 280 g/mol. The largest absolute Gasteiger partial charge is 0.390 e. The van der Waals surface area contributed by atoms with Crippen LogP contribution in [0.15, 0.2) is 12.4 Å². The number of aliphatic hydroxyl groups excluding tert-OH is 1. The van der Waals surface area contributed by atoms with Gasteiger partial charge in [0.1, 0.15) is 0 Å². The van der Waals surface area contributed by atoms with Crippen LogP contribution in [0.2, 0.25) is 0 Å². The first-order chi connectivity index (χ1) is 9.83. The van der Waals surface area contributed by atoms with Crippen molar-refractivity contribution >= 4 is 0 Å². The number of nitrogens with one attached hydrogen (secondary N) is 1. The number of hydrogen-bond donors (Lipinski definition) is 2. The maximum atomic E-state index is 10.3. The number of likely N-dealkylation sites (tertiary alicyclic amines) is 1.